The van der Waals surface area contributed by atoms with Crippen LogP contribution in [0.2, 0.25) is 0 Å². The average molecular weight is 438 g/mol. The van der Waals surface area contributed by atoms with Gasteiger partial charge in [0.05, 0.1) is 5.56 Å². The first-order chi connectivity index (χ1) is 13.7. The summed E-state index contributed by atoms with van der Waals surface area (Å²) in [7, 11) is 0. The van der Waals surface area contributed by atoms with E-state index >= 15 is 0 Å². The highest BCUT2D eigenvalue weighted by molar-refractivity contribution is 6.24. The molecule has 29 heavy (non-hydrogen) atoms. The maximum Gasteiger partial charge on any atom is 0.338 e. The third-order valence-corrected chi connectivity index (χ3v) is 5.48. The van der Waals surface area contributed by atoms with Crippen molar-refractivity contribution in [1.82, 2.24) is 0 Å². The van der Waals surface area contributed by atoms with Crippen molar-refractivity contribution in [3.8, 4) is 0 Å². The number of allylic oxidation sites excluding steroid dienone is 3. The van der Waals surface area contributed by atoms with Gasteiger partial charge in [0.15, 0.2) is 11.6 Å². The molecule has 156 valence electrons. The van der Waals surface area contributed by atoms with Gasteiger partial charge in [0, 0.05) is 52.8 Å². The van der Waals surface area contributed by atoms with Gasteiger partial charge in [-0.3, -0.25) is 9.59 Å². The first-order valence-electron chi connectivity index (χ1n) is 9.34. The van der Waals surface area contributed by atoms with Crippen molar-refractivity contribution < 1.29 is 19.1 Å². The normalized spacial score (nSPS) is 14.6. The Morgan fingerprint density at radius 2 is 1.52 bits per heavy atom. The highest BCUT2D eigenvalue weighted by atomic mass is 35.5. The molecule has 1 aliphatic carbocycles. The molecule has 2 rings (SSSR count). The average Bonchev–Trinajstić information content (AvgIpc) is 2.70. The summed E-state index contributed by atoms with van der Waals surface area (Å²) < 4.78 is 5.34. The Kier molecular flexibility index (Phi) is 8.05. The number of rotatable bonds is 8. The molecule has 0 saturated carbocycles. The fraction of sp³-hybridized carbons (Fsp3) is 0.409. The van der Waals surface area contributed by atoms with Gasteiger partial charge >= 0.3 is 5.97 Å². The Balaban J connectivity index is 2.15. The third-order valence-electron chi connectivity index (χ3n) is 5.14. The van der Waals surface area contributed by atoms with Crippen LogP contribution in [-0.2, 0) is 14.3 Å². The number of carbonyl (C=O) groups excluding carboxylic acids is 3. The van der Waals surface area contributed by atoms with E-state index in [1.165, 1.54) is 0 Å². The van der Waals surface area contributed by atoms with Gasteiger partial charge in [-0.2, -0.15) is 0 Å². The number of aryl methyl sites for hydroxylation is 1. The van der Waals surface area contributed by atoms with Gasteiger partial charge in [-0.25, -0.2) is 4.79 Å². The molecule has 0 aromatic heterocycles. The van der Waals surface area contributed by atoms with Gasteiger partial charge in [-0.15, -0.1) is 23.2 Å². The number of anilines is 1. The Morgan fingerprint density at radius 1 is 0.931 bits per heavy atom. The number of Topliss-reactive ketones (excluding diaryl/α,β-unsaturated/α-hetero) is 2. The fourth-order valence-corrected chi connectivity index (χ4v) is 3.65. The van der Waals surface area contributed by atoms with Gasteiger partial charge in [-0.1, -0.05) is 0 Å². The quantitative estimate of drug-likeness (QED) is 0.345. The van der Waals surface area contributed by atoms with E-state index in [-0.39, 0.29) is 23.7 Å². The lowest BCUT2D eigenvalue weighted by Crippen LogP contribution is -2.28. The van der Waals surface area contributed by atoms with E-state index in [4.69, 9.17) is 27.9 Å². The largest absolute Gasteiger partial charge is 0.457 e. The van der Waals surface area contributed by atoms with Crippen molar-refractivity contribution in [2.75, 3.05) is 36.4 Å². The van der Waals surface area contributed by atoms with Crippen molar-refractivity contribution in [3.63, 3.8) is 0 Å². The summed E-state index contributed by atoms with van der Waals surface area (Å²) in [4.78, 5) is 39.2. The van der Waals surface area contributed by atoms with E-state index in [2.05, 4.69) is 4.90 Å². The molecule has 0 bridgehead atoms. The zero-order valence-corrected chi connectivity index (χ0v) is 18.6. The van der Waals surface area contributed by atoms with Crippen LogP contribution in [0.15, 0.2) is 40.5 Å². The number of nitrogens with zero attached hydrogens (tertiary/aromatic N) is 1. The van der Waals surface area contributed by atoms with Gasteiger partial charge in [0.25, 0.3) is 0 Å². The molecule has 1 aliphatic rings. The third kappa shape index (κ3) is 5.09. The highest BCUT2D eigenvalue weighted by Gasteiger charge is 2.28. The van der Waals surface area contributed by atoms with Gasteiger partial charge in [-0.05, 0) is 51.5 Å². The molecule has 0 aliphatic heterocycles. The summed E-state index contributed by atoms with van der Waals surface area (Å²) in [5.41, 5.74) is 3.61. The summed E-state index contributed by atoms with van der Waals surface area (Å²) >= 11 is 11.7. The molecule has 1 aromatic rings. The number of esters is 1. The van der Waals surface area contributed by atoms with Crippen LogP contribution < -0.4 is 4.90 Å². The maximum absolute atomic E-state index is 12.5. The molecule has 5 nitrogen and oxygen atoms in total. The van der Waals surface area contributed by atoms with Crippen molar-refractivity contribution >= 4 is 46.4 Å². The molecular formula is C22H25Cl2NO4. The Labute approximate surface area is 181 Å². The minimum atomic E-state index is -0.551. The summed E-state index contributed by atoms with van der Waals surface area (Å²) in [5.74, 6) is -0.0577. The van der Waals surface area contributed by atoms with Crippen molar-refractivity contribution in [3.05, 3.63) is 51.6 Å². The van der Waals surface area contributed by atoms with E-state index < -0.39 is 5.97 Å². The second kappa shape index (κ2) is 10.1. The van der Waals surface area contributed by atoms with Crippen molar-refractivity contribution in [2.45, 2.75) is 27.7 Å². The number of hydrogen-bond acceptors (Lipinski definition) is 5. The van der Waals surface area contributed by atoms with Crippen LogP contribution in [-0.4, -0.2) is 49.0 Å². The monoisotopic (exact) mass is 437 g/mol. The lowest BCUT2D eigenvalue weighted by molar-refractivity contribution is -0.116. The molecule has 0 saturated heterocycles. The van der Waals surface area contributed by atoms with Crippen LogP contribution in [0.25, 0.3) is 0 Å². The van der Waals surface area contributed by atoms with Gasteiger partial charge in [0.2, 0.25) is 0 Å². The van der Waals surface area contributed by atoms with E-state index in [9.17, 15) is 14.4 Å². The first kappa shape index (κ1) is 23.2. The maximum atomic E-state index is 12.5. The SMILES string of the molecule is CC1=C(C)C(=O)C(COC(=O)c2ccc(N(CCCl)CCCl)c(C)c2)=C(C)C1=O. The summed E-state index contributed by atoms with van der Waals surface area (Å²) in [6.45, 7) is 7.78. The number of ketones is 2. The van der Waals surface area contributed by atoms with Crippen LogP contribution in [0.1, 0.15) is 36.7 Å². The summed E-state index contributed by atoms with van der Waals surface area (Å²) in [6, 6.07) is 5.24. The molecule has 0 amide bonds. The minimum absolute atomic E-state index is 0.188. The second-order valence-electron chi connectivity index (χ2n) is 6.95. The summed E-state index contributed by atoms with van der Waals surface area (Å²) in [6.07, 6.45) is 0. The number of alkyl halides is 2. The number of halogens is 2. The van der Waals surface area contributed by atoms with Crippen LogP contribution in [0, 0.1) is 6.92 Å². The summed E-state index contributed by atoms with van der Waals surface area (Å²) in [5, 5.41) is 0. The number of hydrogen-bond donors (Lipinski definition) is 0. The fourth-order valence-electron chi connectivity index (χ4n) is 3.24. The first-order valence-corrected chi connectivity index (χ1v) is 10.4. The molecule has 0 heterocycles. The molecular weight excluding hydrogens is 413 g/mol. The van der Waals surface area contributed by atoms with E-state index in [1.54, 1.807) is 32.9 Å². The Morgan fingerprint density at radius 3 is 2.07 bits per heavy atom. The molecule has 0 unspecified atom stereocenters. The van der Waals surface area contributed by atoms with Crippen LogP contribution in [0.5, 0.6) is 0 Å². The number of benzene rings is 1. The molecule has 0 radical (unpaired) electrons. The number of carbonyl (C=O) groups is 3. The van der Waals surface area contributed by atoms with E-state index in [1.807, 2.05) is 13.0 Å². The van der Waals surface area contributed by atoms with E-state index in [0.29, 0.717) is 47.1 Å². The predicted molar refractivity (Wildman–Crippen MR) is 116 cm³/mol. The molecule has 0 N–H and O–H groups in total. The van der Waals surface area contributed by atoms with E-state index in [0.717, 1.165) is 11.3 Å². The minimum Gasteiger partial charge on any atom is -0.457 e. The molecule has 0 spiro atoms. The molecule has 0 fully saturated rings. The van der Waals surface area contributed by atoms with Crippen molar-refractivity contribution in [2.24, 2.45) is 0 Å². The standard InChI is InChI=1S/C22H25Cl2NO4/c1-13-11-17(5-6-19(13)25(9-7-23)10-8-24)22(28)29-12-18-16(4)20(26)14(2)15(3)21(18)27/h5-6,11H,7-10,12H2,1-4H3. The highest BCUT2D eigenvalue weighted by Crippen LogP contribution is 2.25. The van der Waals surface area contributed by atoms with Crippen LogP contribution >= 0.6 is 23.2 Å². The Bertz CT molecular complexity index is 896. The lowest BCUT2D eigenvalue weighted by atomic mass is 9.86. The molecule has 7 heteroatoms. The number of ether oxygens (including phenoxy) is 1. The lowest BCUT2D eigenvalue weighted by Gasteiger charge is -2.25. The second-order valence-corrected chi connectivity index (χ2v) is 7.71. The van der Waals surface area contributed by atoms with Gasteiger partial charge in [0.1, 0.15) is 6.61 Å². The van der Waals surface area contributed by atoms with Crippen LogP contribution in [0.3, 0.4) is 0 Å². The predicted octanol–water partition coefficient (Wildman–Crippen LogP) is 4.24. The van der Waals surface area contributed by atoms with Crippen LogP contribution in [0.4, 0.5) is 5.69 Å². The molecule has 1 aromatic carbocycles. The van der Waals surface area contributed by atoms with Gasteiger partial charge < -0.3 is 9.64 Å². The molecule has 0 atom stereocenters. The van der Waals surface area contributed by atoms with Crippen molar-refractivity contribution in [1.29, 1.82) is 0 Å². The zero-order chi connectivity index (χ0) is 21.7. The zero-order valence-electron chi connectivity index (χ0n) is 17.1. The smallest absolute Gasteiger partial charge is 0.338 e. The topological polar surface area (TPSA) is 63.7 Å². The Hall–Kier alpha value is -2.11.